The summed E-state index contributed by atoms with van der Waals surface area (Å²) < 4.78 is 0. The van der Waals surface area contributed by atoms with Crippen LogP contribution < -0.4 is 16.5 Å². The third-order valence-corrected chi connectivity index (χ3v) is 3.08. The van der Waals surface area contributed by atoms with E-state index in [9.17, 15) is 15.2 Å². The quantitative estimate of drug-likeness (QED) is 0.273. The molecule has 1 rings (SSSR count). The molecule has 0 spiro atoms. The van der Waals surface area contributed by atoms with Crippen molar-refractivity contribution >= 4 is 11.7 Å². The number of carbonyl (C=O) groups is 1. The molecular weight excluding hydrogens is 248 g/mol. The van der Waals surface area contributed by atoms with Gasteiger partial charge in [0.1, 0.15) is 16.9 Å². The van der Waals surface area contributed by atoms with E-state index < -0.39 is 17.0 Å². The minimum absolute atomic E-state index is 0.137. The maximum absolute atomic E-state index is 11.7. The molecule has 0 bridgehead atoms. The normalized spacial score (nSPS) is 33.1. The van der Waals surface area contributed by atoms with Crippen molar-refractivity contribution in [1.82, 2.24) is 26.8 Å². The molecule has 0 aliphatic carbocycles. The summed E-state index contributed by atoms with van der Waals surface area (Å²) in [7, 11) is 0. The van der Waals surface area contributed by atoms with Crippen LogP contribution in [0.5, 0.6) is 0 Å². The highest BCUT2D eigenvalue weighted by Crippen LogP contribution is 2.32. The average molecular weight is 264 g/mol. The van der Waals surface area contributed by atoms with E-state index in [-0.39, 0.29) is 22.6 Å². The fraction of sp³-hybridized carbons (Fsp3) is 0.714. The van der Waals surface area contributed by atoms with Gasteiger partial charge in [-0.2, -0.15) is 0 Å². The molecular formula is C7H16N6O5. The number of nitrogens with zero attached hydrogens (tertiary/aromatic N) is 2. The van der Waals surface area contributed by atoms with Gasteiger partial charge in [0.25, 0.3) is 0 Å². The Morgan fingerprint density at radius 1 is 1.22 bits per heavy atom. The first-order valence-electron chi connectivity index (χ1n) is 4.90. The second kappa shape index (κ2) is 4.83. The molecule has 18 heavy (non-hydrogen) atoms. The minimum atomic E-state index is -1.67. The van der Waals surface area contributed by atoms with Crippen molar-refractivity contribution < 1.29 is 25.6 Å². The fourth-order valence-electron chi connectivity index (χ4n) is 1.79. The zero-order valence-electron chi connectivity index (χ0n) is 9.80. The lowest BCUT2D eigenvalue weighted by atomic mass is 9.79. The molecule has 1 aliphatic rings. The Balaban J connectivity index is 3.12. The summed E-state index contributed by atoms with van der Waals surface area (Å²) in [4.78, 5) is 11.7. The maximum Gasteiger partial charge on any atom is 0.249 e. The van der Waals surface area contributed by atoms with Crippen LogP contribution in [0, 0.1) is 5.41 Å². The van der Waals surface area contributed by atoms with Crippen molar-refractivity contribution in [2.75, 3.05) is 0 Å². The SMILES string of the molecule is CC1(N(O)NO)CC(C)(N(O)NO)C(=O)NC1=N. The van der Waals surface area contributed by atoms with Gasteiger partial charge in [0, 0.05) is 6.42 Å². The average Bonchev–Trinajstić information content (AvgIpc) is 2.34. The Bertz CT molecular complexity index is 334. The van der Waals surface area contributed by atoms with E-state index in [1.54, 1.807) is 0 Å². The number of nitrogens with one attached hydrogen (secondary N) is 4. The molecule has 11 nitrogen and oxygen atoms in total. The third kappa shape index (κ3) is 2.09. The van der Waals surface area contributed by atoms with E-state index in [1.807, 2.05) is 0 Å². The first-order valence-corrected chi connectivity index (χ1v) is 4.90. The van der Waals surface area contributed by atoms with Crippen LogP contribution >= 0.6 is 0 Å². The minimum Gasteiger partial charge on any atom is -0.311 e. The van der Waals surface area contributed by atoms with Gasteiger partial charge < -0.3 is 5.32 Å². The van der Waals surface area contributed by atoms with E-state index in [1.165, 1.54) is 25.0 Å². The summed E-state index contributed by atoms with van der Waals surface area (Å²) in [6.07, 6.45) is -0.307. The smallest absolute Gasteiger partial charge is 0.249 e. The van der Waals surface area contributed by atoms with Crippen LogP contribution in [0.25, 0.3) is 0 Å². The monoisotopic (exact) mass is 264 g/mol. The van der Waals surface area contributed by atoms with Crippen molar-refractivity contribution in [1.29, 1.82) is 5.41 Å². The molecule has 1 heterocycles. The van der Waals surface area contributed by atoms with E-state index in [0.29, 0.717) is 0 Å². The molecule has 0 aromatic heterocycles. The van der Waals surface area contributed by atoms with Crippen molar-refractivity contribution in [3.8, 4) is 0 Å². The highest BCUT2D eigenvalue weighted by molar-refractivity contribution is 6.07. The lowest BCUT2D eigenvalue weighted by molar-refractivity contribution is -0.294. The first kappa shape index (κ1) is 14.9. The van der Waals surface area contributed by atoms with Gasteiger partial charge in [0.15, 0.2) is 0 Å². The fourth-order valence-corrected chi connectivity index (χ4v) is 1.79. The third-order valence-electron chi connectivity index (χ3n) is 3.08. The molecule has 0 saturated carbocycles. The lowest BCUT2D eigenvalue weighted by Gasteiger charge is -2.47. The summed E-state index contributed by atoms with van der Waals surface area (Å²) in [5, 5.41) is 46.3. The number of carbonyl (C=O) groups excluding carboxylic acids is 1. The second-order valence-corrected chi connectivity index (χ2v) is 4.38. The number of hydrogen-bond acceptors (Lipinski definition) is 10. The van der Waals surface area contributed by atoms with Crippen LogP contribution in [0.1, 0.15) is 20.3 Å². The predicted molar refractivity (Wildman–Crippen MR) is 54.4 cm³/mol. The highest BCUT2D eigenvalue weighted by atomic mass is 16.7. The van der Waals surface area contributed by atoms with Crippen LogP contribution in [-0.4, -0.2) is 54.0 Å². The number of amidine groups is 1. The van der Waals surface area contributed by atoms with Crippen LogP contribution in [0.3, 0.4) is 0 Å². The van der Waals surface area contributed by atoms with Gasteiger partial charge in [-0.3, -0.25) is 31.0 Å². The molecule has 11 heteroatoms. The Labute approximate surface area is 102 Å². The van der Waals surface area contributed by atoms with Gasteiger partial charge in [-0.25, -0.2) is 0 Å². The molecule has 104 valence electrons. The highest BCUT2D eigenvalue weighted by Gasteiger charge is 2.55. The second-order valence-electron chi connectivity index (χ2n) is 4.38. The van der Waals surface area contributed by atoms with Crippen LogP contribution in [0.15, 0.2) is 0 Å². The molecule has 1 saturated heterocycles. The topological polar surface area (TPSA) is 164 Å². The van der Waals surface area contributed by atoms with Crippen LogP contribution in [0.4, 0.5) is 0 Å². The number of hydrogen-bond donors (Lipinski definition) is 8. The summed E-state index contributed by atoms with van der Waals surface area (Å²) in [6, 6.07) is 0. The van der Waals surface area contributed by atoms with E-state index >= 15 is 0 Å². The zero-order chi connectivity index (χ0) is 14.1. The maximum atomic E-state index is 11.7. The van der Waals surface area contributed by atoms with Gasteiger partial charge in [-0.15, -0.1) is 11.2 Å². The number of hydroxylamine groups is 2. The van der Waals surface area contributed by atoms with Crippen LogP contribution in [0.2, 0.25) is 0 Å². The van der Waals surface area contributed by atoms with Gasteiger partial charge >= 0.3 is 0 Å². The molecule has 1 amide bonds. The van der Waals surface area contributed by atoms with Gasteiger partial charge in [-0.1, -0.05) is 10.3 Å². The first-order chi connectivity index (χ1) is 8.22. The van der Waals surface area contributed by atoms with E-state index in [2.05, 4.69) is 5.32 Å². The number of piperidine rings is 1. The Morgan fingerprint density at radius 3 is 2.11 bits per heavy atom. The Morgan fingerprint density at radius 2 is 1.67 bits per heavy atom. The van der Waals surface area contributed by atoms with Crippen LogP contribution in [-0.2, 0) is 4.79 Å². The van der Waals surface area contributed by atoms with Crippen molar-refractivity contribution in [3.63, 3.8) is 0 Å². The molecule has 2 unspecified atom stereocenters. The van der Waals surface area contributed by atoms with Gasteiger partial charge in [0.2, 0.25) is 5.91 Å². The molecule has 8 N–H and O–H groups in total. The van der Waals surface area contributed by atoms with E-state index in [4.69, 9.17) is 15.8 Å². The lowest BCUT2D eigenvalue weighted by Crippen LogP contribution is -2.74. The van der Waals surface area contributed by atoms with Gasteiger partial charge in [0.05, 0.1) is 0 Å². The molecule has 2 atom stereocenters. The molecule has 1 aliphatic heterocycles. The summed E-state index contributed by atoms with van der Waals surface area (Å²) in [5.74, 6) is -1.15. The van der Waals surface area contributed by atoms with Crippen molar-refractivity contribution in [3.05, 3.63) is 0 Å². The summed E-state index contributed by atoms with van der Waals surface area (Å²) in [5.41, 5.74) is -0.389. The number of amides is 1. The number of hydrazine groups is 2. The molecule has 0 aromatic carbocycles. The van der Waals surface area contributed by atoms with Gasteiger partial charge in [-0.05, 0) is 13.8 Å². The molecule has 1 fully saturated rings. The molecule has 0 radical (unpaired) electrons. The predicted octanol–water partition coefficient (Wildman–Crippen LogP) is -1.83. The standard InChI is InChI=1S/C7H16N6O5/c1-6(12(17)10-15)3-7(2,13(18)11-16)5(14)9-4(6)8/h10-11,15-18H,3H2,1-2H3,(H2,8,9,14). The summed E-state index contributed by atoms with van der Waals surface area (Å²) in [6.45, 7) is 2.60. The summed E-state index contributed by atoms with van der Waals surface area (Å²) >= 11 is 0. The number of rotatable bonds is 4. The largest absolute Gasteiger partial charge is 0.311 e. The van der Waals surface area contributed by atoms with E-state index in [0.717, 1.165) is 0 Å². The molecule has 0 aromatic rings. The van der Waals surface area contributed by atoms with Crippen molar-refractivity contribution in [2.45, 2.75) is 31.3 Å². The Kier molecular flexibility index (Phi) is 3.99. The zero-order valence-corrected chi connectivity index (χ0v) is 9.80. The van der Waals surface area contributed by atoms with Crippen molar-refractivity contribution in [2.24, 2.45) is 0 Å². The Hall–Kier alpha value is -1.18.